The third-order valence-electron chi connectivity index (χ3n) is 1.91. The Bertz CT molecular complexity index is 510. The van der Waals surface area contributed by atoms with E-state index in [1.54, 1.807) is 23.9 Å². The van der Waals surface area contributed by atoms with E-state index in [4.69, 9.17) is 0 Å². The van der Waals surface area contributed by atoms with Gasteiger partial charge in [0.2, 0.25) is 5.95 Å². The van der Waals surface area contributed by atoms with E-state index in [0.717, 1.165) is 4.47 Å². The third-order valence-corrected chi connectivity index (χ3v) is 2.35. The van der Waals surface area contributed by atoms with Crippen molar-refractivity contribution in [3.63, 3.8) is 0 Å². The van der Waals surface area contributed by atoms with Crippen LogP contribution in [0.5, 0.6) is 0 Å². The molecule has 1 N–H and O–H groups in total. The van der Waals surface area contributed by atoms with Gasteiger partial charge in [-0.05, 0) is 22.0 Å². The van der Waals surface area contributed by atoms with Crippen LogP contribution in [-0.2, 0) is 7.05 Å². The molecule has 6 nitrogen and oxygen atoms in total. The molecule has 2 heterocycles. The lowest BCUT2D eigenvalue weighted by Crippen LogP contribution is -2.17. The summed E-state index contributed by atoms with van der Waals surface area (Å²) in [6.45, 7) is 0. The van der Waals surface area contributed by atoms with Gasteiger partial charge in [-0.25, -0.2) is 4.98 Å². The highest BCUT2D eigenvalue weighted by Gasteiger charge is 2.12. The number of anilines is 1. The fourth-order valence-corrected chi connectivity index (χ4v) is 1.74. The third kappa shape index (κ3) is 2.25. The summed E-state index contributed by atoms with van der Waals surface area (Å²) >= 11 is 3.29. The maximum absolute atomic E-state index is 11.8. The van der Waals surface area contributed by atoms with Crippen LogP contribution in [-0.4, -0.2) is 25.7 Å². The number of nitrogens with zero attached hydrogens (tertiary/aromatic N) is 4. The van der Waals surface area contributed by atoms with Gasteiger partial charge in [-0.1, -0.05) is 0 Å². The normalized spacial score (nSPS) is 10.1. The van der Waals surface area contributed by atoms with E-state index in [2.05, 4.69) is 36.4 Å². The lowest BCUT2D eigenvalue weighted by molar-refractivity contribution is 0.101. The van der Waals surface area contributed by atoms with Crippen molar-refractivity contribution in [1.29, 1.82) is 0 Å². The first-order valence-electron chi connectivity index (χ1n) is 4.44. The SMILES string of the molecule is Cn1cc(Br)cc1C(=O)Nc1nccnn1. The Morgan fingerprint density at radius 2 is 2.31 bits per heavy atom. The highest BCUT2D eigenvalue weighted by molar-refractivity contribution is 9.10. The molecule has 2 aromatic heterocycles. The summed E-state index contributed by atoms with van der Waals surface area (Å²) in [5.41, 5.74) is 0.513. The van der Waals surface area contributed by atoms with E-state index in [0.29, 0.717) is 5.69 Å². The molecule has 2 rings (SSSR count). The number of aromatic nitrogens is 4. The molecule has 0 aliphatic carbocycles. The molecule has 0 atom stereocenters. The first-order chi connectivity index (χ1) is 7.66. The highest BCUT2D eigenvalue weighted by atomic mass is 79.9. The molecule has 0 radical (unpaired) electrons. The molecule has 1 amide bonds. The van der Waals surface area contributed by atoms with Crippen LogP contribution in [0.1, 0.15) is 10.5 Å². The van der Waals surface area contributed by atoms with Crippen molar-refractivity contribution in [3.05, 3.63) is 34.8 Å². The number of carbonyl (C=O) groups is 1. The second-order valence-electron chi connectivity index (χ2n) is 3.07. The van der Waals surface area contributed by atoms with Crippen molar-refractivity contribution >= 4 is 27.8 Å². The van der Waals surface area contributed by atoms with Crippen molar-refractivity contribution in [2.75, 3.05) is 5.32 Å². The summed E-state index contributed by atoms with van der Waals surface area (Å²) < 4.78 is 2.54. The van der Waals surface area contributed by atoms with E-state index in [-0.39, 0.29) is 11.9 Å². The highest BCUT2D eigenvalue weighted by Crippen LogP contribution is 2.14. The predicted molar refractivity (Wildman–Crippen MR) is 60.9 cm³/mol. The summed E-state index contributed by atoms with van der Waals surface area (Å²) in [5.74, 6) is -0.0916. The van der Waals surface area contributed by atoms with Crippen LogP contribution in [0, 0.1) is 0 Å². The van der Waals surface area contributed by atoms with Gasteiger partial charge < -0.3 is 4.57 Å². The fourth-order valence-electron chi connectivity index (χ4n) is 1.22. The molecular weight excluding hydrogens is 274 g/mol. The summed E-state index contributed by atoms with van der Waals surface area (Å²) in [6.07, 6.45) is 4.69. The molecule has 0 unspecified atom stereocenters. The van der Waals surface area contributed by atoms with Crippen LogP contribution >= 0.6 is 15.9 Å². The monoisotopic (exact) mass is 281 g/mol. The number of carbonyl (C=O) groups excluding carboxylic acids is 1. The Balaban J connectivity index is 2.18. The smallest absolute Gasteiger partial charge is 0.274 e. The number of nitrogens with one attached hydrogen (secondary N) is 1. The zero-order valence-corrected chi connectivity index (χ0v) is 9.97. The van der Waals surface area contributed by atoms with Crippen LogP contribution in [0.2, 0.25) is 0 Å². The van der Waals surface area contributed by atoms with Crippen molar-refractivity contribution in [2.24, 2.45) is 7.05 Å². The molecule has 0 aliphatic heterocycles. The molecule has 16 heavy (non-hydrogen) atoms. The van der Waals surface area contributed by atoms with Crippen molar-refractivity contribution < 1.29 is 4.79 Å². The van der Waals surface area contributed by atoms with Gasteiger partial charge in [-0.15, -0.1) is 5.10 Å². The van der Waals surface area contributed by atoms with Gasteiger partial charge in [-0.3, -0.25) is 10.1 Å². The van der Waals surface area contributed by atoms with E-state index in [1.165, 1.54) is 12.4 Å². The molecule has 0 bridgehead atoms. The maximum atomic E-state index is 11.8. The van der Waals surface area contributed by atoms with Crippen LogP contribution in [0.3, 0.4) is 0 Å². The minimum atomic E-state index is -0.277. The first-order valence-corrected chi connectivity index (χ1v) is 5.23. The largest absolute Gasteiger partial charge is 0.345 e. The van der Waals surface area contributed by atoms with Gasteiger partial charge in [-0.2, -0.15) is 5.10 Å². The second kappa shape index (κ2) is 4.40. The van der Waals surface area contributed by atoms with Gasteiger partial charge in [0, 0.05) is 17.7 Å². The molecule has 0 fully saturated rings. The second-order valence-corrected chi connectivity index (χ2v) is 3.99. The van der Waals surface area contributed by atoms with Crippen LogP contribution in [0.4, 0.5) is 5.95 Å². The Kier molecular flexibility index (Phi) is 2.95. The van der Waals surface area contributed by atoms with Gasteiger partial charge in [0.15, 0.2) is 0 Å². The number of amides is 1. The molecule has 0 saturated heterocycles. The van der Waals surface area contributed by atoms with E-state index in [1.807, 2.05) is 0 Å². The topological polar surface area (TPSA) is 72.7 Å². The number of hydrogen-bond donors (Lipinski definition) is 1. The number of rotatable bonds is 2. The minimum Gasteiger partial charge on any atom is -0.345 e. The molecule has 0 aliphatic rings. The zero-order chi connectivity index (χ0) is 11.5. The van der Waals surface area contributed by atoms with Gasteiger partial charge in [0.05, 0.1) is 12.4 Å². The summed E-state index contributed by atoms with van der Waals surface area (Å²) in [7, 11) is 1.78. The first kappa shape index (κ1) is 10.7. The molecule has 0 spiro atoms. The zero-order valence-electron chi connectivity index (χ0n) is 8.38. The van der Waals surface area contributed by atoms with Crippen LogP contribution in [0.15, 0.2) is 29.1 Å². The standard InChI is InChI=1S/C9H8BrN5O/c1-15-5-6(10)4-7(15)8(16)13-9-11-2-3-12-14-9/h2-5H,1H3,(H,11,13,14,16). The predicted octanol–water partition coefficient (Wildman–Crippen LogP) is 1.22. The van der Waals surface area contributed by atoms with E-state index in [9.17, 15) is 4.79 Å². The molecular formula is C9H8BrN5O. The molecule has 0 aromatic carbocycles. The molecule has 7 heteroatoms. The Hall–Kier alpha value is -1.76. The number of hydrogen-bond acceptors (Lipinski definition) is 4. The van der Waals surface area contributed by atoms with Crippen LogP contribution < -0.4 is 5.32 Å². The minimum absolute atomic E-state index is 0.185. The van der Waals surface area contributed by atoms with E-state index >= 15 is 0 Å². The Labute approximate surface area is 99.8 Å². The van der Waals surface area contributed by atoms with Gasteiger partial charge in [0.25, 0.3) is 5.91 Å². The lowest BCUT2D eigenvalue weighted by atomic mass is 10.4. The van der Waals surface area contributed by atoms with Gasteiger partial charge >= 0.3 is 0 Å². The number of halogens is 1. The summed E-state index contributed by atoms with van der Waals surface area (Å²) in [6, 6.07) is 1.71. The molecule has 0 saturated carbocycles. The average Bonchev–Trinajstić information content (AvgIpc) is 2.59. The Morgan fingerprint density at radius 1 is 1.50 bits per heavy atom. The lowest BCUT2D eigenvalue weighted by Gasteiger charge is -2.02. The van der Waals surface area contributed by atoms with Crippen molar-refractivity contribution in [1.82, 2.24) is 19.7 Å². The molecule has 82 valence electrons. The fraction of sp³-hybridized carbons (Fsp3) is 0.111. The summed E-state index contributed by atoms with van der Waals surface area (Å²) in [4.78, 5) is 15.6. The Morgan fingerprint density at radius 3 is 2.88 bits per heavy atom. The van der Waals surface area contributed by atoms with Crippen LogP contribution in [0.25, 0.3) is 0 Å². The average molecular weight is 282 g/mol. The van der Waals surface area contributed by atoms with Crippen molar-refractivity contribution in [2.45, 2.75) is 0 Å². The van der Waals surface area contributed by atoms with Crippen molar-refractivity contribution in [3.8, 4) is 0 Å². The number of aryl methyl sites for hydroxylation is 1. The van der Waals surface area contributed by atoms with E-state index < -0.39 is 0 Å². The molecule has 2 aromatic rings. The van der Waals surface area contributed by atoms with Gasteiger partial charge in [0.1, 0.15) is 5.69 Å². The maximum Gasteiger partial charge on any atom is 0.274 e. The quantitative estimate of drug-likeness (QED) is 0.899. The summed E-state index contributed by atoms with van der Waals surface area (Å²) in [5, 5.41) is 9.83.